The van der Waals surface area contributed by atoms with Gasteiger partial charge in [-0.25, -0.2) is 0 Å². The van der Waals surface area contributed by atoms with E-state index >= 15 is 0 Å². The number of benzene rings is 1. The average molecular weight is 233 g/mol. The molecule has 1 aromatic heterocycles. The number of hydrogen-bond donors (Lipinski definition) is 1. The Bertz CT molecular complexity index is 519. The molecule has 0 aliphatic heterocycles. The zero-order chi connectivity index (χ0) is 11.5. The fourth-order valence-electron chi connectivity index (χ4n) is 1.43. The first-order valence-corrected chi connectivity index (χ1v) is 5.62. The normalized spacial score (nSPS) is 10.1. The van der Waals surface area contributed by atoms with Gasteiger partial charge in [-0.05, 0) is 23.6 Å². The summed E-state index contributed by atoms with van der Waals surface area (Å²) in [5, 5.41) is 1.83. The molecule has 2 aromatic rings. The molecule has 16 heavy (non-hydrogen) atoms. The van der Waals surface area contributed by atoms with Crippen LogP contribution >= 0.6 is 11.3 Å². The Balaban J connectivity index is 2.39. The molecule has 0 bridgehead atoms. The van der Waals surface area contributed by atoms with Gasteiger partial charge >= 0.3 is 0 Å². The summed E-state index contributed by atoms with van der Waals surface area (Å²) in [4.78, 5) is 12.7. The first-order valence-electron chi connectivity index (χ1n) is 4.74. The number of carbonyl (C=O) groups is 1. The molecule has 0 aliphatic rings. The van der Waals surface area contributed by atoms with Gasteiger partial charge in [0.05, 0.1) is 7.11 Å². The highest BCUT2D eigenvalue weighted by atomic mass is 32.1. The SMILES string of the molecule is COc1ccsc1C(=O)c1cccc(N)c1. The second kappa shape index (κ2) is 4.37. The monoisotopic (exact) mass is 233 g/mol. The van der Waals surface area contributed by atoms with E-state index in [4.69, 9.17) is 10.5 Å². The third-order valence-electron chi connectivity index (χ3n) is 2.20. The van der Waals surface area contributed by atoms with Gasteiger partial charge in [0.25, 0.3) is 0 Å². The maximum atomic E-state index is 12.1. The topological polar surface area (TPSA) is 52.3 Å². The van der Waals surface area contributed by atoms with Crippen LogP contribution in [0.25, 0.3) is 0 Å². The number of methoxy groups -OCH3 is 1. The molecule has 2 N–H and O–H groups in total. The Labute approximate surface area is 97.5 Å². The van der Waals surface area contributed by atoms with Crippen LogP contribution < -0.4 is 10.5 Å². The predicted octanol–water partition coefficient (Wildman–Crippen LogP) is 2.57. The third kappa shape index (κ3) is 1.92. The van der Waals surface area contributed by atoms with Crippen LogP contribution in [0.15, 0.2) is 35.7 Å². The zero-order valence-electron chi connectivity index (χ0n) is 8.77. The van der Waals surface area contributed by atoms with Crippen molar-refractivity contribution in [1.82, 2.24) is 0 Å². The number of nitrogen functional groups attached to an aromatic ring is 1. The van der Waals surface area contributed by atoms with Crippen LogP contribution in [-0.4, -0.2) is 12.9 Å². The van der Waals surface area contributed by atoms with Crippen molar-refractivity contribution in [3.8, 4) is 5.75 Å². The number of ketones is 1. The van der Waals surface area contributed by atoms with E-state index in [-0.39, 0.29) is 5.78 Å². The lowest BCUT2D eigenvalue weighted by molar-refractivity contribution is 0.104. The Morgan fingerprint density at radius 3 is 2.88 bits per heavy atom. The summed E-state index contributed by atoms with van der Waals surface area (Å²) in [5.41, 5.74) is 6.81. The Morgan fingerprint density at radius 2 is 2.19 bits per heavy atom. The molecule has 4 heteroatoms. The van der Waals surface area contributed by atoms with Crippen molar-refractivity contribution in [1.29, 1.82) is 0 Å². The number of carbonyl (C=O) groups excluding carboxylic acids is 1. The summed E-state index contributed by atoms with van der Waals surface area (Å²) in [6.07, 6.45) is 0. The smallest absolute Gasteiger partial charge is 0.206 e. The second-order valence-corrected chi connectivity index (χ2v) is 4.19. The van der Waals surface area contributed by atoms with Gasteiger partial charge < -0.3 is 10.5 Å². The van der Waals surface area contributed by atoms with Crippen LogP contribution in [0.3, 0.4) is 0 Å². The standard InChI is InChI=1S/C12H11NO2S/c1-15-10-5-6-16-12(10)11(14)8-3-2-4-9(13)7-8/h2-7H,13H2,1H3. The van der Waals surface area contributed by atoms with E-state index in [1.807, 2.05) is 5.38 Å². The maximum absolute atomic E-state index is 12.1. The van der Waals surface area contributed by atoms with E-state index in [2.05, 4.69) is 0 Å². The molecule has 0 fully saturated rings. The van der Waals surface area contributed by atoms with E-state index in [9.17, 15) is 4.79 Å². The second-order valence-electron chi connectivity index (χ2n) is 3.27. The van der Waals surface area contributed by atoms with Crippen LogP contribution in [0.5, 0.6) is 5.75 Å². The first kappa shape index (κ1) is 10.7. The predicted molar refractivity (Wildman–Crippen MR) is 65.2 cm³/mol. The molecule has 1 aromatic carbocycles. The van der Waals surface area contributed by atoms with Crippen molar-refractivity contribution in [3.63, 3.8) is 0 Å². The fraction of sp³-hybridized carbons (Fsp3) is 0.0833. The van der Waals surface area contributed by atoms with Crippen LogP contribution in [-0.2, 0) is 0 Å². The molecule has 0 saturated heterocycles. The largest absolute Gasteiger partial charge is 0.495 e. The molecule has 0 saturated carbocycles. The molecule has 1 heterocycles. The zero-order valence-corrected chi connectivity index (χ0v) is 9.58. The van der Waals surface area contributed by atoms with Crippen LogP contribution in [0.4, 0.5) is 5.69 Å². The van der Waals surface area contributed by atoms with Gasteiger partial charge in [-0.2, -0.15) is 0 Å². The summed E-state index contributed by atoms with van der Waals surface area (Å²) >= 11 is 1.37. The van der Waals surface area contributed by atoms with Crippen LogP contribution in [0, 0.1) is 0 Å². The molecule has 3 nitrogen and oxygen atoms in total. The number of nitrogens with two attached hydrogens (primary N) is 1. The molecule has 2 rings (SSSR count). The summed E-state index contributed by atoms with van der Waals surface area (Å²) < 4.78 is 5.12. The summed E-state index contributed by atoms with van der Waals surface area (Å²) in [5.74, 6) is 0.552. The summed E-state index contributed by atoms with van der Waals surface area (Å²) in [7, 11) is 1.55. The van der Waals surface area contributed by atoms with Gasteiger partial charge in [0.1, 0.15) is 10.6 Å². The Kier molecular flexibility index (Phi) is 2.92. The minimum atomic E-state index is -0.0563. The lowest BCUT2D eigenvalue weighted by Gasteiger charge is -2.02. The number of hydrogen-bond acceptors (Lipinski definition) is 4. The van der Waals surface area contributed by atoms with E-state index in [0.29, 0.717) is 21.9 Å². The van der Waals surface area contributed by atoms with Crippen molar-refractivity contribution in [2.45, 2.75) is 0 Å². The minimum absolute atomic E-state index is 0.0563. The number of ether oxygens (including phenoxy) is 1. The van der Waals surface area contributed by atoms with E-state index < -0.39 is 0 Å². The van der Waals surface area contributed by atoms with Crippen LogP contribution in [0.1, 0.15) is 15.2 Å². The number of rotatable bonds is 3. The van der Waals surface area contributed by atoms with Crippen molar-refractivity contribution in [3.05, 3.63) is 46.2 Å². The Morgan fingerprint density at radius 1 is 1.38 bits per heavy atom. The average Bonchev–Trinajstić information content (AvgIpc) is 2.76. The molecule has 0 unspecified atom stereocenters. The van der Waals surface area contributed by atoms with Crippen molar-refractivity contribution in [2.75, 3.05) is 12.8 Å². The van der Waals surface area contributed by atoms with E-state index in [1.54, 1.807) is 37.4 Å². The maximum Gasteiger partial charge on any atom is 0.206 e. The molecule has 0 radical (unpaired) electrons. The number of anilines is 1. The fourth-order valence-corrected chi connectivity index (χ4v) is 2.25. The highest BCUT2D eigenvalue weighted by Gasteiger charge is 2.15. The lowest BCUT2D eigenvalue weighted by atomic mass is 10.1. The van der Waals surface area contributed by atoms with Crippen molar-refractivity contribution in [2.24, 2.45) is 0 Å². The lowest BCUT2D eigenvalue weighted by Crippen LogP contribution is -2.01. The highest BCUT2D eigenvalue weighted by Crippen LogP contribution is 2.27. The molecule has 0 atom stereocenters. The van der Waals surface area contributed by atoms with Gasteiger partial charge in [-0.15, -0.1) is 11.3 Å². The van der Waals surface area contributed by atoms with Crippen molar-refractivity contribution < 1.29 is 9.53 Å². The minimum Gasteiger partial charge on any atom is -0.495 e. The van der Waals surface area contributed by atoms with Gasteiger partial charge in [0.15, 0.2) is 0 Å². The molecule has 0 amide bonds. The van der Waals surface area contributed by atoms with Gasteiger partial charge in [-0.1, -0.05) is 12.1 Å². The summed E-state index contributed by atoms with van der Waals surface area (Å²) in [6, 6.07) is 8.72. The number of thiophene rings is 1. The molecular formula is C12H11NO2S. The summed E-state index contributed by atoms with van der Waals surface area (Å²) in [6.45, 7) is 0. The molecular weight excluding hydrogens is 222 g/mol. The van der Waals surface area contributed by atoms with Gasteiger partial charge in [0.2, 0.25) is 5.78 Å². The van der Waals surface area contributed by atoms with Gasteiger partial charge in [-0.3, -0.25) is 4.79 Å². The van der Waals surface area contributed by atoms with Gasteiger partial charge in [0, 0.05) is 11.3 Å². The van der Waals surface area contributed by atoms with Crippen molar-refractivity contribution >= 4 is 22.8 Å². The first-order chi connectivity index (χ1) is 7.72. The molecule has 0 spiro atoms. The van der Waals surface area contributed by atoms with E-state index in [0.717, 1.165) is 0 Å². The quantitative estimate of drug-likeness (QED) is 0.654. The van der Waals surface area contributed by atoms with E-state index in [1.165, 1.54) is 11.3 Å². The molecule has 0 aliphatic carbocycles. The van der Waals surface area contributed by atoms with Crippen LogP contribution in [0.2, 0.25) is 0 Å². The highest BCUT2D eigenvalue weighted by molar-refractivity contribution is 7.12. The third-order valence-corrected chi connectivity index (χ3v) is 3.10. The Hall–Kier alpha value is -1.81. The molecule has 82 valence electrons.